The van der Waals surface area contributed by atoms with Crippen LogP contribution < -0.4 is 0 Å². The van der Waals surface area contributed by atoms with E-state index in [0.717, 1.165) is 17.5 Å². The first-order chi connectivity index (χ1) is 10.1. The van der Waals surface area contributed by atoms with Gasteiger partial charge in [0.25, 0.3) is 5.91 Å². The minimum atomic E-state index is -1.05. The molecule has 0 aromatic heterocycles. The summed E-state index contributed by atoms with van der Waals surface area (Å²) in [5.74, 6) is -1.09. The first-order valence-electron chi connectivity index (χ1n) is 7.33. The Balaban J connectivity index is 1.92. The summed E-state index contributed by atoms with van der Waals surface area (Å²) in [6.45, 7) is 3.44. The second-order valence-corrected chi connectivity index (χ2v) is 5.73. The van der Waals surface area contributed by atoms with Crippen molar-refractivity contribution in [2.75, 3.05) is 6.54 Å². The molecule has 21 heavy (non-hydrogen) atoms. The minimum absolute atomic E-state index is 0.188. The van der Waals surface area contributed by atoms with Crippen molar-refractivity contribution >= 4 is 11.9 Å². The summed E-state index contributed by atoms with van der Waals surface area (Å²) in [7, 11) is 0. The van der Waals surface area contributed by atoms with E-state index in [-0.39, 0.29) is 5.91 Å². The van der Waals surface area contributed by atoms with Crippen LogP contribution in [0.2, 0.25) is 0 Å². The van der Waals surface area contributed by atoms with Gasteiger partial charge in [0.1, 0.15) is 5.54 Å². The van der Waals surface area contributed by atoms with Gasteiger partial charge in [0.2, 0.25) is 0 Å². The Morgan fingerprint density at radius 1 is 1.33 bits per heavy atom. The minimum Gasteiger partial charge on any atom is -0.479 e. The summed E-state index contributed by atoms with van der Waals surface area (Å²) >= 11 is 0. The first kappa shape index (κ1) is 14.1. The van der Waals surface area contributed by atoms with Gasteiger partial charge in [-0.2, -0.15) is 0 Å². The lowest BCUT2D eigenvalue weighted by atomic mass is 9.92. The van der Waals surface area contributed by atoms with E-state index in [0.29, 0.717) is 38.2 Å². The fourth-order valence-electron chi connectivity index (χ4n) is 3.38. The van der Waals surface area contributed by atoms with E-state index >= 15 is 0 Å². The molecule has 1 aromatic rings. The second-order valence-electron chi connectivity index (χ2n) is 5.73. The molecule has 2 heterocycles. The zero-order valence-corrected chi connectivity index (χ0v) is 12.1. The molecule has 0 spiro atoms. The Morgan fingerprint density at radius 2 is 2.10 bits per heavy atom. The highest BCUT2D eigenvalue weighted by Crippen LogP contribution is 2.34. The van der Waals surface area contributed by atoms with E-state index in [4.69, 9.17) is 4.74 Å². The third-order valence-electron chi connectivity index (χ3n) is 4.69. The van der Waals surface area contributed by atoms with E-state index in [2.05, 4.69) is 0 Å². The molecule has 0 radical (unpaired) electrons. The number of amides is 1. The molecule has 1 aromatic carbocycles. The van der Waals surface area contributed by atoms with Crippen molar-refractivity contribution in [1.29, 1.82) is 0 Å². The SMILES string of the molecule is CCC1(C(=O)O)CCCN1C(=O)c1ccc2c(c1)COC2. The van der Waals surface area contributed by atoms with Crippen LogP contribution in [0.5, 0.6) is 0 Å². The molecule has 2 aliphatic heterocycles. The molecule has 1 amide bonds. The van der Waals surface area contributed by atoms with Crippen LogP contribution >= 0.6 is 0 Å². The Labute approximate surface area is 123 Å². The van der Waals surface area contributed by atoms with E-state index in [1.165, 1.54) is 4.90 Å². The molecular formula is C16H19NO4. The molecule has 1 unspecified atom stereocenters. The number of benzene rings is 1. The van der Waals surface area contributed by atoms with Gasteiger partial charge in [-0.1, -0.05) is 13.0 Å². The number of ether oxygens (including phenoxy) is 1. The van der Waals surface area contributed by atoms with Gasteiger partial charge in [-0.25, -0.2) is 4.79 Å². The summed E-state index contributed by atoms with van der Waals surface area (Å²) in [6, 6.07) is 5.52. The van der Waals surface area contributed by atoms with Crippen LogP contribution in [0.1, 0.15) is 47.7 Å². The number of aliphatic carboxylic acids is 1. The third-order valence-corrected chi connectivity index (χ3v) is 4.69. The van der Waals surface area contributed by atoms with E-state index in [9.17, 15) is 14.7 Å². The number of carboxylic acids is 1. The first-order valence-corrected chi connectivity index (χ1v) is 7.33. The lowest BCUT2D eigenvalue weighted by Crippen LogP contribution is -2.52. The number of nitrogens with zero attached hydrogens (tertiary/aromatic N) is 1. The Morgan fingerprint density at radius 3 is 2.81 bits per heavy atom. The van der Waals surface area contributed by atoms with Gasteiger partial charge in [-0.15, -0.1) is 0 Å². The predicted octanol–water partition coefficient (Wildman–Crippen LogP) is 2.19. The molecule has 1 N–H and O–H groups in total. The molecule has 0 bridgehead atoms. The standard InChI is InChI=1S/C16H19NO4/c1-2-16(15(19)20)6-3-7-17(16)14(18)11-4-5-12-9-21-10-13(12)8-11/h4-5,8H,2-3,6-7,9-10H2,1H3,(H,19,20). The quantitative estimate of drug-likeness (QED) is 0.926. The number of carbonyl (C=O) groups is 2. The topological polar surface area (TPSA) is 66.8 Å². The van der Waals surface area contributed by atoms with Gasteiger partial charge in [0.05, 0.1) is 13.2 Å². The summed E-state index contributed by atoms with van der Waals surface area (Å²) < 4.78 is 5.36. The fourth-order valence-corrected chi connectivity index (χ4v) is 3.38. The number of likely N-dealkylation sites (tertiary alicyclic amines) is 1. The van der Waals surface area contributed by atoms with Crippen molar-refractivity contribution in [3.8, 4) is 0 Å². The van der Waals surface area contributed by atoms with E-state index in [1.54, 1.807) is 6.07 Å². The maximum Gasteiger partial charge on any atom is 0.329 e. The molecular weight excluding hydrogens is 270 g/mol. The Hall–Kier alpha value is -1.88. The monoisotopic (exact) mass is 289 g/mol. The van der Waals surface area contributed by atoms with E-state index < -0.39 is 11.5 Å². The smallest absolute Gasteiger partial charge is 0.329 e. The van der Waals surface area contributed by atoms with Crippen LogP contribution in [0.25, 0.3) is 0 Å². The number of carbonyl (C=O) groups excluding carboxylic acids is 1. The zero-order chi connectivity index (χ0) is 15.0. The molecule has 112 valence electrons. The van der Waals surface area contributed by atoms with Crippen molar-refractivity contribution in [3.63, 3.8) is 0 Å². The van der Waals surface area contributed by atoms with Crippen molar-refractivity contribution in [1.82, 2.24) is 4.90 Å². The Kier molecular flexibility index (Phi) is 3.45. The summed E-state index contributed by atoms with van der Waals surface area (Å²) in [6.07, 6.45) is 1.70. The number of rotatable bonds is 3. The van der Waals surface area contributed by atoms with Crippen molar-refractivity contribution < 1.29 is 19.4 Å². The van der Waals surface area contributed by atoms with Crippen LogP contribution in [-0.2, 0) is 22.7 Å². The number of hydrogen-bond donors (Lipinski definition) is 1. The molecule has 5 nitrogen and oxygen atoms in total. The lowest BCUT2D eigenvalue weighted by molar-refractivity contribution is -0.148. The van der Waals surface area contributed by atoms with Gasteiger partial charge >= 0.3 is 5.97 Å². The average Bonchev–Trinajstić information content (AvgIpc) is 3.12. The number of carboxylic acid groups (broad SMARTS) is 1. The molecule has 1 fully saturated rings. The van der Waals surface area contributed by atoms with Crippen LogP contribution in [0, 0.1) is 0 Å². The number of hydrogen-bond acceptors (Lipinski definition) is 3. The molecule has 2 aliphatic rings. The molecule has 0 aliphatic carbocycles. The highest BCUT2D eigenvalue weighted by atomic mass is 16.5. The van der Waals surface area contributed by atoms with Gasteiger partial charge < -0.3 is 14.7 Å². The highest BCUT2D eigenvalue weighted by molar-refractivity contribution is 5.98. The van der Waals surface area contributed by atoms with Crippen LogP contribution in [0.15, 0.2) is 18.2 Å². The van der Waals surface area contributed by atoms with Crippen molar-refractivity contribution in [2.24, 2.45) is 0 Å². The van der Waals surface area contributed by atoms with Crippen LogP contribution in [0.4, 0.5) is 0 Å². The second kappa shape index (κ2) is 5.15. The van der Waals surface area contributed by atoms with Crippen molar-refractivity contribution in [2.45, 2.75) is 44.9 Å². The molecule has 3 rings (SSSR count). The molecule has 0 saturated carbocycles. The lowest BCUT2D eigenvalue weighted by Gasteiger charge is -2.34. The van der Waals surface area contributed by atoms with Gasteiger partial charge in [-0.05, 0) is 42.5 Å². The van der Waals surface area contributed by atoms with Crippen LogP contribution in [0.3, 0.4) is 0 Å². The Bertz CT molecular complexity index is 598. The summed E-state index contributed by atoms with van der Waals surface area (Å²) in [5.41, 5.74) is 1.64. The molecule has 5 heteroatoms. The number of fused-ring (bicyclic) bond motifs is 1. The maximum atomic E-state index is 12.7. The van der Waals surface area contributed by atoms with Crippen LogP contribution in [-0.4, -0.2) is 34.0 Å². The average molecular weight is 289 g/mol. The normalized spacial score (nSPS) is 24.1. The largest absolute Gasteiger partial charge is 0.479 e. The van der Waals surface area contributed by atoms with Gasteiger partial charge in [0.15, 0.2) is 0 Å². The maximum absolute atomic E-state index is 12.7. The molecule has 1 saturated heterocycles. The fraction of sp³-hybridized carbons (Fsp3) is 0.500. The zero-order valence-electron chi connectivity index (χ0n) is 12.1. The summed E-state index contributed by atoms with van der Waals surface area (Å²) in [5, 5.41) is 9.57. The van der Waals surface area contributed by atoms with Crippen molar-refractivity contribution in [3.05, 3.63) is 34.9 Å². The summed E-state index contributed by atoms with van der Waals surface area (Å²) in [4.78, 5) is 26.0. The van der Waals surface area contributed by atoms with E-state index in [1.807, 2.05) is 19.1 Å². The third kappa shape index (κ3) is 2.12. The molecule has 1 atom stereocenters. The highest BCUT2D eigenvalue weighted by Gasteiger charge is 2.48. The predicted molar refractivity (Wildman–Crippen MR) is 75.9 cm³/mol. The van der Waals surface area contributed by atoms with Gasteiger partial charge in [-0.3, -0.25) is 4.79 Å². The van der Waals surface area contributed by atoms with Gasteiger partial charge in [0, 0.05) is 12.1 Å².